The minimum atomic E-state index is -4.50. The predicted molar refractivity (Wildman–Crippen MR) is 143 cm³/mol. The van der Waals surface area contributed by atoms with E-state index < -0.39 is 12.8 Å². The molecule has 0 fully saturated rings. The fourth-order valence-electron chi connectivity index (χ4n) is 4.20. The van der Waals surface area contributed by atoms with Crippen LogP contribution in [0.3, 0.4) is 0 Å². The van der Waals surface area contributed by atoms with Crippen LogP contribution in [0.15, 0.2) is 59.9 Å². The third-order valence-electron chi connectivity index (χ3n) is 6.46. The van der Waals surface area contributed by atoms with E-state index >= 15 is 0 Å². The van der Waals surface area contributed by atoms with Gasteiger partial charge in [0, 0.05) is 28.7 Å². The normalized spacial score (nSPS) is 16.0. The summed E-state index contributed by atoms with van der Waals surface area (Å²) < 4.78 is 49.1. The summed E-state index contributed by atoms with van der Waals surface area (Å²) in [7, 11) is 0. The number of hydrogen-bond donors (Lipinski definition) is 1. The average molecular weight is 536 g/mol. The summed E-state index contributed by atoms with van der Waals surface area (Å²) >= 11 is 0. The molecule has 1 aliphatic rings. The van der Waals surface area contributed by atoms with Crippen molar-refractivity contribution in [3.63, 3.8) is 0 Å². The standard InChI is InChI=1S/C29H40F3N3O3/c1-8-10-11-16-28(7,15-9-2)34-26(36)22(5)23(6)35-18-24(13-12-21(35)4)38-27-25(20(3)14-17-33-27)37-19-29(30,31)32/h12-14,17-18H,4,8-11,15-16,19H2,1-3,5-7H3,(H,34,36)/b23-22+. The lowest BCUT2D eigenvalue weighted by molar-refractivity contribution is -0.153. The Kier molecular flexibility index (Phi) is 11.0. The molecule has 2 rings (SSSR count). The lowest BCUT2D eigenvalue weighted by Crippen LogP contribution is -2.46. The first-order valence-corrected chi connectivity index (χ1v) is 13.0. The van der Waals surface area contributed by atoms with Crippen molar-refractivity contribution in [3.8, 4) is 11.6 Å². The first-order valence-electron chi connectivity index (χ1n) is 13.0. The van der Waals surface area contributed by atoms with Crippen molar-refractivity contribution >= 4 is 5.91 Å². The number of halogens is 3. The fraction of sp³-hybridized carbons (Fsp3) is 0.517. The molecule has 0 radical (unpaired) electrons. The van der Waals surface area contributed by atoms with Crippen molar-refractivity contribution in [1.82, 2.24) is 15.2 Å². The van der Waals surface area contributed by atoms with Gasteiger partial charge in [-0.3, -0.25) is 4.79 Å². The molecule has 1 atom stereocenters. The molecule has 1 amide bonds. The van der Waals surface area contributed by atoms with E-state index in [1.54, 1.807) is 43.2 Å². The number of aryl methyl sites for hydroxylation is 1. The molecule has 0 saturated carbocycles. The van der Waals surface area contributed by atoms with Gasteiger partial charge in [-0.2, -0.15) is 13.2 Å². The molecular formula is C29H40F3N3O3. The van der Waals surface area contributed by atoms with E-state index in [1.807, 2.05) is 6.92 Å². The average Bonchev–Trinajstić information content (AvgIpc) is 2.83. The fourth-order valence-corrected chi connectivity index (χ4v) is 4.20. The van der Waals surface area contributed by atoms with Crippen molar-refractivity contribution in [2.24, 2.45) is 0 Å². The molecule has 0 spiro atoms. The Morgan fingerprint density at radius 1 is 1.13 bits per heavy atom. The van der Waals surface area contributed by atoms with Gasteiger partial charge in [0.15, 0.2) is 12.4 Å². The zero-order valence-corrected chi connectivity index (χ0v) is 23.3. The second-order valence-corrected chi connectivity index (χ2v) is 9.93. The Morgan fingerprint density at radius 2 is 1.84 bits per heavy atom. The topological polar surface area (TPSA) is 63.7 Å². The van der Waals surface area contributed by atoms with Crippen LogP contribution in [-0.4, -0.2) is 34.1 Å². The van der Waals surface area contributed by atoms with Gasteiger partial charge in [-0.15, -0.1) is 0 Å². The molecule has 0 aromatic carbocycles. The third kappa shape index (κ3) is 8.96. The summed E-state index contributed by atoms with van der Waals surface area (Å²) in [5.74, 6) is -0.0287. The number of hydrogen-bond acceptors (Lipinski definition) is 5. The summed E-state index contributed by atoms with van der Waals surface area (Å²) in [6.07, 6.45) is 7.92. The molecule has 1 N–H and O–H groups in total. The van der Waals surface area contributed by atoms with Crippen molar-refractivity contribution in [2.75, 3.05) is 6.61 Å². The number of allylic oxidation sites excluding steroid dienone is 3. The number of unbranched alkanes of at least 4 members (excludes halogenated alkanes) is 2. The van der Waals surface area contributed by atoms with Crippen LogP contribution in [0.5, 0.6) is 11.6 Å². The van der Waals surface area contributed by atoms with Crippen LogP contribution in [0.4, 0.5) is 13.2 Å². The highest BCUT2D eigenvalue weighted by atomic mass is 19.4. The molecule has 0 aliphatic carbocycles. The largest absolute Gasteiger partial charge is 0.478 e. The molecule has 1 unspecified atom stereocenters. The minimum absolute atomic E-state index is 0.0869. The van der Waals surface area contributed by atoms with E-state index in [1.165, 1.54) is 6.20 Å². The quantitative estimate of drug-likeness (QED) is 0.209. The Balaban J connectivity index is 2.27. The smallest absolute Gasteiger partial charge is 0.422 e. The maximum atomic E-state index is 13.3. The number of rotatable bonds is 13. The van der Waals surface area contributed by atoms with E-state index in [9.17, 15) is 18.0 Å². The minimum Gasteiger partial charge on any atom is -0.478 e. The number of ether oxygens (including phenoxy) is 2. The predicted octanol–water partition coefficient (Wildman–Crippen LogP) is 7.49. The monoisotopic (exact) mass is 535 g/mol. The van der Waals surface area contributed by atoms with E-state index in [4.69, 9.17) is 9.47 Å². The van der Waals surface area contributed by atoms with Crippen LogP contribution in [0.25, 0.3) is 0 Å². The highest BCUT2D eigenvalue weighted by Crippen LogP contribution is 2.33. The Labute approximate surface area is 224 Å². The molecule has 0 bridgehead atoms. The van der Waals surface area contributed by atoms with E-state index in [0.717, 1.165) is 38.5 Å². The highest BCUT2D eigenvalue weighted by Gasteiger charge is 2.30. The van der Waals surface area contributed by atoms with Crippen LogP contribution in [0.1, 0.15) is 78.7 Å². The van der Waals surface area contributed by atoms with Gasteiger partial charge in [0.2, 0.25) is 5.91 Å². The number of carbonyl (C=O) groups excluding carboxylic acids is 1. The maximum absolute atomic E-state index is 13.3. The summed E-state index contributed by atoms with van der Waals surface area (Å²) in [6.45, 7) is 14.1. The van der Waals surface area contributed by atoms with Gasteiger partial charge in [0.25, 0.3) is 5.88 Å². The van der Waals surface area contributed by atoms with Crippen LogP contribution >= 0.6 is 0 Å². The number of amides is 1. The lowest BCUT2D eigenvalue weighted by atomic mass is 9.89. The number of carbonyl (C=O) groups is 1. The SMILES string of the molecule is C=C1C=CC(Oc2nccc(C)c2OCC(F)(F)F)=CN1/C(C)=C(\C)C(=O)NC(C)(CCC)CCCCC. The van der Waals surface area contributed by atoms with Gasteiger partial charge in [-0.25, -0.2) is 4.98 Å². The van der Waals surface area contributed by atoms with Crippen LogP contribution in [0.2, 0.25) is 0 Å². The summed E-state index contributed by atoms with van der Waals surface area (Å²) in [6, 6.07) is 1.54. The first kappa shape index (κ1) is 31.0. The lowest BCUT2D eigenvalue weighted by Gasteiger charge is -2.32. The van der Waals surface area contributed by atoms with Gasteiger partial charge in [0.1, 0.15) is 5.76 Å². The number of pyridine rings is 1. The highest BCUT2D eigenvalue weighted by molar-refractivity contribution is 5.94. The second kappa shape index (κ2) is 13.5. The number of alkyl halides is 3. The molecular weight excluding hydrogens is 495 g/mol. The molecule has 9 heteroatoms. The second-order valence-electron chi connectivity index (χ2n) is 9.93. The van der Waals surface area contributed by atoms with Gasteiger partial charge >= 0.3 is 6.18 Å². The molecule has 38 heavy (non-hydrogen) atoms. The van der Waals surface area contributed by atoms with Gasteiger partial charge in [-0.05, 0) is 64.3 Å². The number of aromatic nitrogens is 1. The molecule has 6 nitrogen and oxygen atoms in total. The Morgan fingerprint density at radius 3 is 2.47 bits per heavy atom. The molecule has 0 saturated heterocycles. The molecule has 1 aromatic heterocycles. The molecule has 2 heterocycles. The van der Waals surface area contributed by atoms with Crippen molar-refractivity contribution < 1.29 is 27.4 Å². The number of nitrogens with zero attached hydrogens (tertiary/aromatic N) is 2. The van der Waals surface area contributed by atoms with Gasteiger partial charge in [-0.1, -0.05) is 46.1 Å². The summed E-state index contributed by atoms with van der Waals surface area (Å²) in [4.78, 5) is 19.0. The number of nitrogens with one attached hydrogen (secondary N) is 1. The van der Waals surface area contributed by atoms with Crippen LogP contribution < -0.4 is 14.8 Å². The van der Waals surface area contributed by atoms with Crippen molar-refractivity contribution in [1.29, 1.82) is 0 Å². The van der Waals surface area contributed by atoms with E-state index in [-0.39, 0.29) is 23.1 Å². The third-order valence-corrected chi connectivity index (χ3v) is 6.46. The summed E-state index contributed by atoms with van der Waals surface area (Å²) in [5.41, 5.74) is 1.94. The maximum Gasteiger partial charge on any atom is 0.422 e. The van der Waals surface area contributed by atoms with Gasteiger partial charge < -0.3 is 19.7 Å². The zero-order valence-electron chi connectivity index (χ0n) is 23.3. The van der Waals surface area contributed by atoms with Crippen LogP contribution in [-0.2, 0) is 4.79 Å². The van der Waals surface area contributed by atoms with Crippen LogP contribution in [0, 0.1) is 6.92 Å². The van der Waals surface area contributed by atoms with Gasteiger partial charge in [0.05, 0.1) is 6.20 Å². The molecule has 1 aromatic rings. The summed E-state index contributed by atoms with van der Waals surface area (Å²) in [5, 5.41) is 3.24. The zero-order chi connectivity index (χ0) is 28.5. The molecule has 1 aliphatic heterocycles. The van der Waals surface area contributed by atoms with Crippen molar-refractivity contribution in [2.45, 2.75) is 91.8 Å². The first-order chi connectivity index (χ1) is 17.8. The Bertz CT molecular complexity index is 1090. The van der Waals surface area contributed by atoms with E-state index in [2.05, 4.69) is 37.7 Å². The van der Waals surface area contributed by atoms with Crippen molar-refractivity contribution in [3.05, 3.63) is 65.5 Å². The molecule has 210 valence electrons. The van der Waals surface area contributed by atoms with E-state index in [0.29, 0.717) is 28.3 Å². The Hall–Kier alpha value is -3.23.